The number of hydrogen-bond acceptors (Lipinski definition) is 2. The molecule has 0 bridgehead atoms. The molecule has 78 valence electrons. The second kappa shape index (κ2) is 3.33. The SMILES string of the molecule is O=C(c1ccccn1)N(C1CC1)C1CC1. The predicted molar refractivity (Wildman–Crippen MR) is 56.5 cm³/mol. The molecule has 0 aliphatic heterocycles. The van der Waals surface area contributed by atoms with E-state index in [4.69, 9.17) is 0 Å². The fraction of sp³-hybridized carbons (Fsp3) is 0.500. The maximum absolute atomic E-state index is 12.2. The number of rotatable bonds is 3. The van der Waals surface area contributed by atoms with Crippen LogP contribution in [0.5, 0.6) is 0 Å². The van der Waals surface area contributed by atoms with Crippen molar-refractivity contribution in [2.45, 2.75) is 37.8 Å². The van der Waals surface area contributed by atoms with E-state index in [1.54, 1.807) is 12.3 Å². The van der Waals surface area contributed by atoms with Gasteiger partial charge in [-0.3, -0.25) is 9.78 Å². The van der Waals surface area contributed by atoms with Crippen LogP contribution in [0.2, 0.25) is 0 Å². The summed E-state index contributed by atoms with van der Waals surface area (Å²) in [5.41, 5.74) is 0.594. The molecule has 1 amide bonds. The molecular weight excluding hydrogens is 188 g/mol. The van der Waals surface area contributed by atoms with Crippen molar-refractivity contribution in [2.75, 3.05) is 0 Å². The van der Waals surface area contributed by atoms with Gasteiger partial charge in [-0.05, 0) is 37.8 Å². The lowest BCUT2D eigenvalue weighted by Gasteiger charge is -2.21. The van der Waals surface area contributed by atoms with E-state index in [0.29, 0.717) is 17.8 Å². The molecule has 3 heteroatoms. The van der Waals surface area contributed by atoms with Gasteiger partial charge in [-0.25, -0.2) is 0 Å². The summed E-state index contributed by atoms with van der Waals surface area (Å²) in [6, 6.07) is 6.53. The summed E-state index contributed by atoms with van der Waals surface area (Å²) in [6.45, 7) is 0. The Bertz CT molecular complexity index is 356. The van der Waals surface area contributed by atoms with Crippen molar-refractivity contribution in [3.63, 3.8) is 0 Å². The topological polar surface area (TPSA) is 33.2 Å². The first-order valence-electron chi connectivity index (χ1n) is 5.60. The zero-order valence-corrected chi connectivity index (χ0v) is 8.60. The number of aromatic nitrogens is 1. The van der Waals surface area contributed by atoms with Crippen LogP contribution in [0.15, 0.2) is 24.4 Å². The highest BCUT2D eigenvalue weighted by Gasteiger charge is 2.42. The van der Waals surface area contributed by atoms with Gasteiger partial charge in [0.05, 0.1) is 0 Å². The number of hydrogen-bond donors (Lipinski definition) is 0. The van der Waals surface area contributed by atoms with E-state index in [9.17, 15) is 4.79 Å². The highest BCUT2D eigenvalue weighted by molar-refractivity contribution is 5.93. The number of carbonyl (C=O) groups is 1. The molecule has 0 N–H and O–H groups in total. The van der Waals surface area contributed by atoms with Gasteiger partial charge in [-0.15, -0.1) is 0 Å². The van der Waals surface area contributed by atoms with Gasteiger partial charge in [0.1, 0.15) is 5.69 Å². The average Bonchev–Trinajstić information content (AvgIpc) is 3.14. The predicted octanol–water partition coefficient (Wildman–Crippen LogP) is 1.85. The molecule has 1 aromatic heterocycles. The average molecular weight is 202 g/mol. The Morgan fingerprint density at radius 1 is 1.20 bits per heavy atom. The Hall–Kier alpha value is -1.38. The normalized spacial score (nSPS) is 20.0. The van der Waals surface area contributed by atoms with Crippen molar-refractivity contribution in [3.05, 3.63) is 30.1 Å². The Morgan fingerprint density at radius 2 is 1.87 bits per heavy atom. The van der Waals surface area contributed by atoms with Gasteiger partial charge >= 0.3 is 0 Å². The molecule has 0 aromatic carbocycles. The third-order valence-electron chi connectivity index (χ3n) is 3.00. The van der Waals surface area contributed by atoms with Crippen molar-refractivity contribution in [1.82, 2.24) is 9.88 Å². The molecule has 0 unspecified atom stereocenters. The van der Waals surface area contributed by atoms with E-state index in [1.165, 1.54) is 25.7 Å². The van der Waals surface area contributed by atoms with E-state index >= 15 is 0 Å². The van der Waals surface area contributed by atoms with Gasteiger partial charge in [0.25, 0.3) is 5.91 Å². The summed E-state index contributed by atoms with van der Waals surface area (Å²) in [5, 5.41) is 0. The number of carbonyl (C=O) groups excluding carboxylic acids is 1. The van der Waals surface area contributed by atoms with Crippen LogP contribution < -0.4 is 0 Å². The van der Waals surface area contributed by atoms with Crippen LogP contribution in [-0.4, -0.2) is 27.9 Å². The maximum atomic E-state index is 12.2. The van der Waals surface area contributed by atoms with Crippen molar-refractivity contribution in [2.24, 2.45) is 0 Å². The monoisotopic (exact) mass is 202 g/mol. The number of pyridine rings is 1. The Morgan fingerprint density at radius 3 is 2.33 bits per heavy atom. The van der Waals surface area contributed by atoms with E-state index in [1.807, 2.05) is 12.1 Å². The van der Waals surface area contributed by atoms with Gasteiger partial charge in [0.2, 0.25) is 0 Å². The molecule has 15 heavy (non-hydrogen) atoms. The van der Waals surface area contributed by atoms with Crippen LogP contribution in [0.3, 0.4) is 0 Å². The summed E-state index contributed by atoms with van der Waals surface area (Å²) >= 11 is 0. The quantitative estimate of drug-likeness (QED) is 0.749. The van der Waals surface area contributed by atoms with E-state index in [2.05, 4.69) is 9.88 Å². The molecule has 2 aliphatic rings. The van der Waals surface area contributed by atoms with E-state index in [0.717, 1.165) is 0 Å². The molecule has 3 rings (SSSR count). The number of amides is 1. The summed E-state index contributed by atoms with van der Waals surface area (Å²) in [7, 11) is 0. The molecule has 0 spiro atoms. The van der Waals surface area contributed by atoms with Crippen molar-refractivity contribution < 1.29 is 4.79 Å². The zero-order valence-electron chi connectivity index (χ0n) is 8.60. The molecule has 1 aromatic rings. The van der Waals surface area contributed by atoms with Crippen molar-refractivity contribution in [1.29, 1.82) is 0 Å². The lowest BCUT2D eigenvalue weighted by molar-refractivity contribution is 0.0724. The minimum absolute atomic E-state index is 0.126. The molecule has 2 aliphatic carbocycles. The second-order valence-electron chi connectivity index (χ2n) is 4.39. The molecule has 1 heterocycles. The number of nitrogens with zero attached hydrogens (tertiary/aromatic N) is 2. The minimum Gasteiger partial charge on any atom is -0.331 e. The van der Waals surface area contributed by atoms with Crippen molar-refractivity contribution in [3.8, 4) is 0 Å². The molecular formula is C12H14N2O. The smallest absolute Gasteiger partial charge is 0.272 e. The minimum atomic E-state index is 0.126. The zero-order chi connectivity index (χ0) is 10.3. The lowest BCUT2D eigenvalue weighted by atomic mass is 10.3. The molecule has 0 saturated heterocycles. The first-order chi connectivity index (χ1) is 7.36. The third kappa shape index (κ3) is 1.74. The summed E-state index contributed by atoms with van der Waals surface area (Å²) < 4.78 is 0. The first-order valence-corrected chi connectivity index (χ1v) is 5.60. The Balaban J connectivity index is 1.82. The maximum Gasteiger partial charge on any atom is 0.272 e. The summed E-state index contributed by atoms with van der Waals surface area (Å²) in [5.74, 6) is 0.126. The molecule has 0 atom stereocenters. The van der Waals surface area contributed by atoms with Crippen LogP contribution >= 0.6 is 0 Å². The van der Waals surface area contributed by atoms with Crippen LogP contribution in [-0.2, 0) is 0 Å². The van der Waals surface area contributed by atoms with Gasteiger partial charge in [0, 0.05) is 18.3 Å². The van der Waals surface area contributed by atoms with Crippen LogP contribution in [0, 0.1) is 0 Å². The molecule has 2 fully saturated rings. The third-order valence-corrected chi connectivity index (χ3v) is 3.00. The van der Waals surface area contributed by atoms with Crippen LogP contribution in [0.1, 0.15) is 36.2 Å². The fourth-order valence-corrected chi connectivity index (χ4v) is 1.96. The Kier molecular flexibility index (Phi) is 1.97. The highest BCUT2D eigenvalue weighted by Crippen LogP contribution is 2.37. The second-order valence-corrected chi connectivity index (χ2v) is 4.39. The van der Waals surface area contributed by atoms with Gasteiger partial charge < -0.3 is 4.90 Å². The fourth-order valence-electron chi connectivity index (χ4n) is 1.96. The van der Waals surface area contributed by atoms with E-state index < -0.39 is 0 Å². The van der Waals surface area contributed by atoms with Gasteiger partial charge in [0.15, 0.2) is 0 Å². The molecule has 3 nitrogen and oxygen atoms in total. The summed E-state index contributed by atoms with van der Waals surface area (Å²) in [4.78, 5) is 18.4. The van der Waals surface area contributed by atoms with Gasteiger partial charge in [-0.2, -0.15) is 0 Å². The lowest BCUT2D eigenvalue weighted by Crippen LogP contribution is -2.35. The molecule has 0 radical (unpaired) electrons. The van der Waals surface area contributed by atoms with Gasteiger partial charge in [-0.1, -0.05) is 6.07 Å². The Labute approximate surface area is 89.1 Å². The summed E-state index contributed by atoms with van der Waals surface area (Å²) in [6.07, 6.45) is 6.39. The van der Waals surface area contributed by atoms with Crippen molar-refractivity contribution >= 4 is 5.91 Å². The largest absolute Gasteiger partial charge is 0.331 e. The van der Waals surface area contributed by atoms with Crippen LogP contribution in [0.4, 0.5) is 0 Å². The highest BCUT2D eigenvalue weighted by atomic mass is 16.2. The van der Waals surface area contributed by atoms with E-state index in [-0.39, 0.29) is 5.91 Å². The molecule has 2 saturated carbocycles. The first kappa shape index (κ1) is 8.89. The standard InChI is InChI=1S/C12H14N2O/c15-12(11-3-1-2-8-13-11)14(9-4-5-9)10-6-7-10/h1-3,8-10H,4-7H2. The van der Waals surface area contributed by atoms with Crippen LogP contribution in [0.25, 0.3) is 0 Å².